The van der Waals surface area contributed by atoms with Crippen LogP contribution in [0.1, 0.15) is 49.1 Å². The Labute approximate surface area is 267 Å². The number of alkyl halides is 6. The van der Waals surface area contributed by atoms with Crippen molar-refractivity contribution in [3.8, 4) is 5.75 Å². The molecule has 2 heterocycles. The first-order chi connectivity index (χ1) is 21.9. The molecule has 1 aliphatic rings. The van der Waals surface area contributed by atoms with Crippen LogP contribution in [0.4, 0.5) is 42.1 Å². The van der Waals surface area contributed by atoms with Crippen LogP contribution in [0.5, 0.6) is 5.75 Å². The number of thiophene rings is 1. The molecule has 250 valence electrons. The summed E-state index contributed by atoms with van der Waals surface area (Å²) < 4.78 is 125. The number of nitrogens with one attached hydrogen (secondary N) is 2. The zero-order valence-corrected chi connectivity index (χ0v) is 26.0. The Bertz CT molecular complexity index is 1990. The second-order valence-corrected chi connectivity index (χ2v) is 13.7. The first-order valence-electron chi connectivity index (χ1n) is 13.6. The van der Waals surface area contributed by atoms with Crippen LogP contribution in [0.3, 0.4) is 0 Å². The summed E-state index contributed by atoms with van der Waals surface area (Å²) in [6, 6.07) is 8.95. The van der Waals surface area contributed by atoms with Crippen molar-refractivity contribution >= 4 is 54.6 Å². The van der Waals surface area contributed by atoms with Crippen LogP contribution >= 0.6 is 11.3 Å². The lowest BCUT2D eigenvalue weighted by Crippen LogP contribution is -2.27. The Hall–Kier alpha value is -4.22. The van der Waals surface area contributed by atoms with Crippen molar-refractivity contribution in [2.75, 3.05) is 37.1 Å². The van der Waals surface area contributed by atoms with Gasteiger partial charge in [-0.05, 0) is 60.4 Å². The molecule has 0 saturated carbocycles. The van der Waals surface area contributed by atoms with Crippen LogP contribution in [0, 0.1) is 5.82 Å². The van der Waals surface area contributed by atoms with E-state index >= 15 is 0 Å². The largest absolute Gasteiger partial charge is 0.496 e. The topological polar surface area (TPSA) is 105 Å². The van der Waals surface area contributed by atoms with E-state index < -0.39 is 56.8 Å². The maximum absolute atomic E-state index is 13.8. The zero-order valence-electron chi connectivity index (χ0n) is 24.3. The number of nitrogens with zero attached hydrogens (tertiary/aromatic N) is 1. The molecule has 17 heteroatoms. The van der Waals surface area contributed by atoms with E-state index in [1.807, 2.05) is 0 Å². The molecule has 2 N–H and O–H groups in total. The molecule has 0 bridgehead atoms. The number of hydrogen-bond acceptors (Lipinski definition) is 6. The predicted octanol–water partition coefficient (Wildman–Crippen LogP) is 7.34. The van der Waals surface area contributed by atoms with E-state index in [2.05, 4.69) is 10.6 Å². The number of fused-ring (bicyclic) bond motifs is 1. The van der Waals surface area contributed by atoms with Gasteiger partial charge in [0.15, 0.2) is 0 Å². The van der Waals surface area contributed by atoms with Crippen molar-refractivity contribution in [3.63, 3.8) is 0 Å². The third-order valence-electron chi connectivity index (χ3n) is 7.55. The number of hydrogen-bond donors (Lipinski definition) is 2. The van der Waals surface area contributed by atoms with E-state index in [0.717, 1.165) is 30.5 Å². The monoisotopic (exact) mass is 703 g/mol. The van der Waals surface area contributed by atoms with Crippen molar-refractivity contribution in [2.45, 2.75) is 24.7 Å². The quantitative estimate of drug-likeness (QED) is 0.196. The molecule has 0 aliphatic carbocycles. The highest BCUT2D eigenvalue weighted by molar-refractivity contribution is 7.88. The van der Waals surface area contributed by atoms with Crippen molar-refractivity contribution in [2.24, 2.45) is 0 Å². The number of carbonyl (C=O) groups excluding carboxylic acids is 2. The minimum absolute atomic E-state index is 0.0335. The molecule has 4 aromatic rings. The summed E-state index contributed by atoms with van der Waals surface area (Å²) in [6.45, 7) is 0.446. The first-order valence-corrected chi connectivity index (χ1v) is 16.3. The van der Waals surface area contributed by atoms with Gasteiger partial charge in [-0.25, -0.2) is 17.1 Å². The zero-order chi connectivity index (χ0) is 34.5. The summed E-state index contributed by atoms with van der Waals surface area (Å²) >= 11 is 0.551. The average molecular weight is 704 g/mol. The minimum atomic E-state index is -5.08. The van der Waals surface area contributed by atoms with Gasteiger partial charge in [0.25, 0.3) is 11.8 Å². The fraction of sp³-hybridized carbons (Fsp3) is 0.267. The Balaban J connectivity index is 1.53. The third-order valence-corrected chi connectivity index (χ3v) is 9.97. The highest BCUT2D eigenvalue weighted by atomic mass is 32.2. The van der Waals surface area contributed by atoms with Crippen molar-refractivity contribution in [1.82, 2.24) is 4.31 Å². The summed E-state index contributed by atoms with van der Waals surface area (Å²) in [5.74, 6) is -3.66. The van der Waals surface area contributed by atoms with Crippen LogP contribution in [-0.4, -0.2) is 51.0 Å². The van der Waals surface area contributed by atoms with E-state index in [1.54, 1.807) is 6.07 Å². The van der Waals surface area contributed by atoms with Gasteiger partial charge in [0.2, 0.25) is 10.0 Å². The summed E-state index contributed by atoms with van der Waals surface area (Å²) in [6.07, 6.45) is -8.26. The van der Waals surface area contributed by atoms with Gasteiger partial charge in [-0.1, -0.05) is 12.1 Å². The smallest absolute Gasteiger partial charge is 0.419 e. The van der Waals surface area contributed by atoms with E-state index in [4.69, 9.17) is 4.74 Å². The molecule has 3 aromatic carbocycles. The number of carbonyl (C=O) groups is 2. The maximum atomic E-state index is 13.8. The number of rotatable bonds is 7. The van der Waals surface area contributed by atoms with E-state index in [0.29, 0.717) is 35.5 Å². The van der Waals surface area contributed by atoms with E-state index in [-0.39, 0.29) is 51.0 Å². The number of amides is 2. The Morgan fingerprint density at radius 2 is 1.66 bits per heavy atom. The van der Waals surface area contributed by atoms with Crippen LogP contribution in [0.15, 0.2) is 54.6 Å². The fourth-order valence-electron chi connectivity index (χ4n) is 5.20. The molecule has 1 fully saturated rings. The van der Waals surface area contributed by atoms with Gasteiger partial charge < -0.3 is 15.4 Å². The van der Waals surface area contributed by atoms with E-state index in [9.17, 15) is 48.7 Å². The van der Waals surface area contributed by atoms with Crippen molar-refractivity contribution < 1.29 is 53.5 Å². The lowest BCUT2D eigenvalue weighted by atomic mass is 9.96. The molecular formula is C30H24F7N3O5S2. The molecule has 0 radical (unpaired) electrons. The van der Waals surface area contributed by atoms with Crippen LogP contribution in [0.2, 0.25) is 0 Å². The molecule has 2 amide bonds. The van der Waals surface area contributed by atoms with Gasteiger partial charge in [0.1, 0.15) is 16.4 Å². The van der Waals surface area contributed by atoms with Gasteiger partial charge >= 0.3 is 12.4 Å². The molecule has 47 heavy (non-hydrogen) atoms. The summed E-state index contributed by atoms with van der Waals surface area (Å²) in [4.78, 5) is 26.7. The van der Waals surface area contributed by atoms with Gasteiger partial charge in [0.05, 0.1) is 35.7 Å². The minimum Gasteiger partial charge on any atom is -0.496 e. The number of methoxy groups -OCH3 is 1. The Morgan fingerprint density at radius 3 is 2.28 bits per heavy atom. The summed E-state index contributed by atoms with van der Waals surface area (Å²) in [5.41, 5.74) is -2.79. The van der Waals surface area contributed by atoms with Gasteiger partial charge in [0, 0.05) is 28.9 Å². The molecule has 0 spiro atoms. The molecule has 1 saturated heterocycles. The number of benzene rings is 3. The number of halogens is 7. The summed E-state index contributed by atoms with van der Waals surface area (Å²) in [5, 5.41) is 4.78. The molecule has 1 aliphatic heterocycles. The highest BCUT2D eigenvalue weighted by Crippen LogP contribution is 2.41. The SMILES string of the molecule is COc1ccc(C2CCN(S(C)(=O)=O)C2)cc1C(=O)Nc1c(C(=O)Nc2ccc(F)c(C(F)(F)F)c2)sc2cc(C(F)(F)F)ccc12. The number of sulfonamides is 1. The van der Waals surface area contributed by atoms with Crippen molar-refractivity contribution in [3.05, 3.63) is 87.5 Å². The lowest BCUT2D eigenvalue weighted by molar-refractivity contribution is -0.140. The molecular weight excluding hydrogens is 679 g/mol. The third kappa shape index (κ3) is 7.21. The van der Waals surface area contributed by atoms with E-state index in [1.165, 1.54) is 23.5 Å². The molecule has 8 nitrogen and oxygen atoms in total. The normalized spacial score (nSPS) is 16.0. The van der Waals surface area contributed by atoms with Crippen LogP contribution in [0.25, 0.3) is 10.1 Å². The lowest BCUT2D eigenvalue weighted by Gasteiger charge is -2.16. The van der Waals surface area contributed by atoms with Gasteiger partial charge in [-0.2, -0.15) is 26.3 Å². The predicted molar refractivity (Wildman–Crippen MR) is 161 cm³/mol. The average Bonchev–Trinajstić information content (AvgIpc) is 3.63. The Morgan fingerprint density at radius 1 is 0.936 bits per heavy atom. The summed E-state index contributed by atoms with van der Waals surface area (Å²) in [7, 11) is -2.16. The molecule has 1 aromatic heterocycles. The standard InChI is InChI=1S/C30H24F7N3O5S2/c1-45-23-8-3-15(16-9-10-40(14-16)47(2,43)44)11-20(23)27(41)39-25-19-6-4-17(29(32,33)34)12-24(19)46-26(25)28(42)38-18-5-7-22(31)21(13-18)30(35,36)37/h3-8,11-13,16H,9-10,14H2,1-2H3,(H,38,42)(H,39,41). The van der Waals surface area contributed by atoms with Gasteiger partial charge in [-0.15, -0.1) is 11.3 Å². The first kappa shape index (κ1) is 34.1. The second-order valence-electron chi connectivity index (χ2n) is 10.7. The second kappa shape index (κ2) is 12.4. The number of anilines is 2. The molecule has 5 rings (SSSR count). The number of ether oxygens (including phenoxy) is 1. The van der Waals surface area contributed by atoms with Crippen LogP contribution < -0.4 is 15.4 Å². The maximum Gasteiger partial charge on any atom is 0.419 e. The van der Waals surface area contributed by atoms with Gasteiger partial charge in [-0.3, -0.25) is 9.59 Å². The Kier molecular flexibility index (Phi) is 9.02. The van der Waals surface area contributed by atoms with Crippen LogP contribution in [-0.2, 0) is 22.4 Å². The fourth-order valence-corrected chi connectivity index (χ4v) is 7.18. The molecule has 1 unspecified atom stereocenters. The van der Waals surface area contributed by atoms with Crippen molar-refractivity contribution in [1.29, 1.82) is 0 Å². The molecule has 1 atom stereocenters. The highest BCUT2D eigenvalue weighted by Gasteiger charge is 2.35.